The number of carbonyl (C=O) groups is 1. The van der Waals surface area contributed by atoms with Crippen molar-refractivity contribution in [2.45, 2.75) is 13.0 Å². The first kappa shape index (κ1) is 20.3. The Hall–Kier alpha value is -0.770. The van der Waals surface area contributed by atoms with Crippen LogP contribution in [-0.2, 0) is 28.5 Å². The van der Waals surface area contributed by atoms with Gasteiger partial charge in [0.15, 0.2) is 0 Å². The van der Waals surface area contributed by atoms with Crippen molar-refractivity contribution in [1.29, 1.82) is 0 Å². The molecule has 8 heteroatoms. The van der Waals surface area contributed by atoms with Gasteiger partial charge in [-0.15, -0.1) is 0 Å². The van der Waals surface area contributed by atoms with Crippen LogP contribution in [0.25, 0.3) is 0 Å². The van der Waals surface area contributed by atoms with Crippen LogP contribution in [0.2, 0.25) is 0 Å². The highest BCUT2D eigenvalue weighted by molar-refractivity contribution is 5.81. The average molecular weight is 334 g/mol. The molecular weight excluding hydrogens is 304 g/mol. The van der Waals surface area contributed by atoms with E-state index < -0.39 is 6.04 Å². The third-order valence-corrected chi connectivity index (χ3v) is 3.20. The number of nitrogens with two attached hydrogens (primary N) is 1. The molecule has 0 aliphatic carbocycles. The van der Waals surface area contributed by atoms with E-state index in [0.29, 0.717) is 79.2 Å². The molecule has 0 bridgehead atoms. The van der Waals surface area contributed by atoms with Crippen molar-refractivity contribution in [3.63, 3.8) is 0 Å². The van der Waals surface area contributed by atoms with E-state index in [2.05, 4.69) is 0 Å². The van der Waals surface area contributed by atoms with Crippen molar-refractivity contribution in [2.24, 2.45) is 5.73 Å². The molecule has 0 unspecified atom stereocenters. The monoisotopic (exact) mass is 334 g/mol. The van der Waals surface area contributed by atoms with Crippen LogP contribution in [0.1, 0.15) is 6.92 Å². The Bertz CT molecular complexity index is 286. The van der Waals surface area contributed by atoms with Crippen molar-refractivity contribution < 1.29 is 28.5 Å². The second-order valence-corrected chi connectivity index (χ2v) is 5.18. The lowest BCUT2D eigenvalue weighted by Gasteiger charge is -2.24. The minimum absolute atomic E-state index is 0.101. The summed E-state index contributed by atoms with van der Waals surface area (Å²) in [4.78, 5) is 13.7. The first-order valence-corrected chi connectivity index (χ1v) is 8.15. The predicted octanol–water partition coefficient (Wildman–Crippen LogP) is -0.741. The molecule has 1 saturated heterocycles. The number of hydrogen-bond acceptors (Lipinski definition) is 7. The molecule has 1 heterocycles. The van der Waals surface area contributed by atoms with E-state index in [0.717, 1.165) is 0 Å². The van der Waals surface area contributed by atoms with Crippen LogP contribution in [0.15, 0.2) is 0 Å². The van der Waals surface area contributed by atoms with Gasteiger partial charge in [-0.3, -0.25) is 4.79 Å². The van der Waals surface area contributed by atoms with Gasteiger partial charge in [0, 0.05) is 13.1 Å². The van der Waals surface area contributed by atoms with Crippen LogP contribution in [0.4, 0.5) is 0 Å². The van der Waals surface area contributed by atoms with Gasteiger partial charge in [0.25, 0.3) is 0 Å². The second kappa shape index (κ2) is 13.6. The highest BCUT2D eigenvalue weighted by Gasteiger charge is 2.16. The maximum Gasteiger partial charge on any atom is 0.239 e. The summed E-state index contributed by atoms with van der Waals surface area (Å²) >= 11 is 0. The summed E-state index contributed by atoms with van der Waals surface area (Å²) < 4.78 is 27.1. The Morgan fingerprint density at radius 3 is 1.35 bits per heavy atom. The number of nitrogens with zero attached hydrogens (tertiary/aromatic N) is 1. The standard InChI is InChI=1S/C15H30N2O6/c1-14(16)15(18)17-2-4-19-6-8-21-10-12-23-13-11-22-9-7-20-5-3-17/h14H,2-13,16H2,1H3/t14-/m0/s1. The van der Waals surface area contributed by atoms with E-state index >= 15 is 0 Å². The van der Waals surface area contributed by atoms with Gasteiger partial charge >= 0.3 is 0 Å². The zero-order valence-corrected chi connectivity index (χ0v) is 14.0. The fourth-order valence-electron chi connectivity index (χ4n) is 1.95. The number of rotatable bonds is 1. The SMILES string of the molecule is C[C@H](N)C(=O)N1CCOCCOCCOCCOCCOCC1. The Labute approximate surface area is 138 Å². The maximum atomic E-state index is 12.0. The highest BCUT2D eigenvalue weighted by Crippen LogP contribution is 1.95. The van der Waals surface area contributed by atoms with Gasteiger partial charge in [0.1, 0.15) is 0 Å². The van der Waals surface area contributed by atoms with Crippen molar-refractivity contribution in [1.82, 2.24) is 4.90 Å². The molecule has 0 radical (unpaired) electrons. The van der Waals surface area contributed by atoms with Gasteiger partial charge < -0.3 is 34.3 Å². The Morgan fingerprint density at radius 1 is 0.739 bits per heavy atom. The molecule has 2 N–H and O–H groups in total. The number of hydrogen-bond donors (Lipinski definition) is 1. The van der Waals surface area contributed by atoms with E-state index in [1.807, 2.05) is 0 Å². The lowest BCUT2D eigenvalue weighted by Crippen LogP contribution is -2.45. The van der Waals surface area contributed by atoms with E-state index in [-0.39, 0.29) is 5.91 Å². The molecule has 8 nitrogen and oxygen atoms in total. The zero-order valence-electron chi connectivity index (χ0n) is 14.0. The van der Waals surface area contributed by atoms with Crippen LogP contribution in [0.5, 0.6) is 0 Å². The van der Waals surface area contributed by atoms with Crippen molar-refractivity contribution >= 4 is 5.91 Å². The van der Waals surface area contributed by atoms with Crippen molar-refractivity contribution in [3.05, 3.63) is 0 Å². The number of ether oxygens (including phenoxy) is 5. The molecule has 0 aromatic heterocycles. The summed E-state index contributed by atoms with van der Waals surface area (Å²) in [6, 6.07) is -0.528. The third kappa shape index (κ3) is 10.6. The molecule has 1 aliphatic heterocycles. The van der Waals surface area contributed by atoms with Crippen LogP contribution >= 0.6 is 0 Å². The van der Waals surface area contributed by atoms with E-state index in [1.165, 1.54) is 0 Å². The summed E-state index contributed by atoms with van der Waals surface area (Å²) in [7, 11) is 0. The molecule has 1 amide bonds. The van der Waals surface area contributed by atoms with Crippen LogP contribution in [-0.4, -0.2) is 96.0 Å². The molecule has 1 rings (SSSR count). The van der Waals surface area contributed by atoms with Crippen LogP contribution < -0.4 is 5.73 Å². The first-order valence-electron chi connectivity index (χ1n) is 8.15. The van der Waals surface area contributed by atoms with Gasteiger partial charge in [-0.1, -0.05) is 0 Å². The van der Waals surface area contributed by atoms with Gasteiger partial charge in [-0.25, -0.2) is 0 Å². The molecule has 0 aromatic rings. The minimum Gasteiger partial charge on any atom is -0.377 e. The van der Waals surface area contributed by atoms with Gasteiger partial charge in [-0.05, 0) is 6.92 Å². The lowest BCUT2D eigenvalue weighted by atomic mass is 10.3. The Balaban J connectivity index is 2.34. The molecule has 1 aliphatic rings. The average Bonchev–Trinajstić information content (AvgIpc) is 2.54. The first-order chi connectivity index (χ1) is 11.2. The van der Waals surface area contributed by atoms with Crippen LogP contribution in [0.3, 0.4) is 0 Å². The van der Waals surface area contributed by atoms with E-state index in [9.17, 15) is 4.79 Å². The lowest BCUT2D eigenvalue weighted by molar-refractivity contribution is -0.134. The smallest absolute Gasteiger partial charge is 0.239 e. The summed E-state index contributed by atoms with van der Waals surface area (Å²) in [5.41, 5.74) is 5.67. The third-order valence-electron chi connectivity index (χ3n) is 3.20. The minimum atomic E-state index is -0.528. The topological polar surface area (TPSA) is 92.5 Å². The summed E-state index contributed by atoms with van der Waals surface area (Å²) in [5.74, 6) is -0.101. The van der Waals surface area contributed by atoms with E-state index in [4.69, 9.17) is 29.4 Å². The molecule has 136 valence electrons. The number of amides is 1. The highest BCUT2D eigenvalue weighted by atomic mass is 16.6. The van der Waals surface area contributed by atoms with Crippen molar-refractivity contribution in [2.75, 3.05) is 79.2 Å². The van der Waals surface area contributed by atoms with E-state index in [1.54, 1.807) is 11.8 Å². The fourth-order valence-corrected chi connectivity index (χ4v) is 1.95. The zero-order chi connectivity index (χ0) is 16.8. The van der Waals surface area contributed by atoms with Gasteiger partial charge in [0.05, 0.1) is 72.1 Å². The number of carbonyl (C=O) groups excluding carboxylic acids is 1. The molecule has 0 saturated carbocycles. The molecule has 0 aromatic carbocycles. The normalized spacial score (nSPS) is 22.8. The Kier molecular flexibility index (Phi) is 12.0. The largest absolute Gasteiger partial charge is 0.377 e. The molecule has 1 atom stereocenters. The second-order valence-electron chi connectivity index (χ2n) is 5.18. The summed E-state index contributed by atoms with van der Waals surface area (Å²) in [6.45, 7) is 7.67. The van der Waals surface area contributed by atoms with Crippen molar-refractivity contribution in [3.8, 4) is 0 Å². The van der Waals surface area contributed by atoms with Crippen LogP contribution in [0, 0.1) is 0 Å². The molecule has 23 heavy (non-hydrogen) atoms. The Morgan fingerprint density at radius 2 is 1.04 bits per heavy atom. The molecular formula is C15H30N2O6. The summed E-state index contributed by atoms with van der Waals surface area (Å²) in [6.07, 6.45) is 0. The van der Waals surface area contributed by atoms with Gasteiger partial charge in [-0.2, -0.15) is 0 Å². The van der Waals surface area contributed by atoms with Gasteiger partial charge in [0.2, 0.25) is 5.91 Å². The maximum absolute atomic E-state index is 12.0. The molecule has 1 fully saturated rings. The quantitative estimate of drug-likeness (QED) is 0.675. The predicted molar refractivity (Wildman–Crippen MR) is 84.3 cm³/mol. The molecule has 0 spiro atoms. The summed E-state index contributed by atoms with van der Waals surface area (Å²) in [5, 5.41) is 0. The fraction of sp³-hybridized carbons (Fsp3) is 0.933.